The van der Waals surface area contributed by atoms with E-state index < -0.39 is 15.1 Å². The summed E-state index contributed by atoms with van der Waals surface area (Å²) in [6.07, 6.45) is 8.48. The first-order valence-corrected chi connectivity index (χ1v) is 19.2. The molecule has 0 bridgehead atoms. The average Bonchev–Trinajstić information content (AvgIpc) is 3.16. The minimum Gasteiger partial charge on any atom is -0.445 e. The van der Waals surface area contributed by atoms with Gasteiger partial charge in [0.15, 0.2) is 0 Å². The zero-order chi connectivity index (χ0) is 37.2. The summed E-state index contributed by atoms with van der Waals surface area (Å²) in [6.45, 7) is 19.7. The van der Waals surface area contributed by atoms with Crippen LogP contribution in [-0.4, -0.2) is 5.11 Å². The first-order chi connectivity index (χ1) is 25.3. The third-order valence-electron chi connectivity index (χ3n) is 9.08. The van der Waals surface area contributed by atoms with Crippen LogP contribution in [-0.2, 0) is 15.5 Å². The summed E-state index contributed by atoms with van der Waals surface area (Å²) in [5, 5.41) is 17.4. The van der Waals surface area contributed by atoms with Gasteiger partial charge in [-0.2, -0.15) is 0 Å². The molecule has 268 valence electrons. The van der Waals surface area contributed by atoms with Gasteiger partial charge in [-0.05, 0) is 91.1 Å². The van der Waals surface area contributed by atoms with Crippen LogP contribution < -0.4 is 19.5 Å². The summed E-state index contributed by atoms with van der Waals surface area (Å²) in [5.41, 5.74) is 5.20. The number of aliphatic hydroxyl groups excluding tert-OH is 1. The third-order valence-corrected chi connectivity index (χ3v) is 10.4. The Kier molecular flexibility index (Phi) is 13.5. The molecule has 0 amide bonds. The average molecular weight is 731 g/mol. The number of aryl methyl sites for hydroxylation is 1. The standard InChI is InChI=1S/C45H48O5P2/c1-9-20-36-27-34-22-15-18-25-39(34)42(44(36)49-51-48-31(8)38-24-17-14-21-33(38)12-4)43-40-26-19-16-23-35(40)28-41(29(6)46)45(43)50-52-47-30(7)37(13-5)32(10-2)11-3/h10-19,21-29,46,51-52H,2,5,9,20H2,1,3-4,6-8H3/b32-11-,33-12-,37-30+,38-31+. The number of hydrogen-bond donors (Lipinski definition) is 1. The first kappa shape index (κ1) is 38.6. The van der Waals surface area contributed by atoms with Crippen molar-refractivity contribution >= 4 is 51.4 Å². The highest BCUT2D eigenvalue weighted by atomic mass is 31.1. The largest absolute Gasteiger partial charge is 0.445 e. The van der Waals surface area contributed by atoms with Crippen molar-refractivity contribution in [3.05, 3.63) is 155 Å². The Bertz CT molecular complexity index is 2280. The van der Waals surface area contributed by atoms with Crippen molar-refractivity contribution in [2.45, 2.75) is 60.5 Å². The van der Waals surface area contributed by atoms with Crippen LogP contribution in [0, 0.1) is 0 Å². The van der Waals surface area contributed by atoms with E-state index in [1.165, 1.54) is 0 Å². The quantitative estimate of drug-likeness (QED) is 0.0660. The van der Waals surface area contributed by atoms with E-state index in [0.717, 1.165) is 84.2 Å². The second-order valence-electron chi connectivity index (χ2n) is 12.4. The number of allylic oxidation sites excluding steroid dienone is 6. The molecule has 0 aliphatic carbocycles. The summed E-state index contributed by atoms with van der Waals surface area (Å²) in [4.78, 5) is 0. The molecule has 0 radical (unpaired) electrons. The van der Waals surface area contributed by atoms with E-state index in [2.05, 4.69) is 74.7 Å². The van der Waals surface area contributed by atoms with Crippen LogP contribution >= 0.6 is 18.1 Å². The number of aliphatic hydroxyl groups is 1. The molecule has 0 aromatic heterocycles. The fourth-order valence-electron chi connectivity index (χ4n) is 6.50. The van der Waals surface area contributed by atoms with Crippen molar-refractivity contribution in [3.8, 4) is 22.6 Å². The summed E-state index contributed by atoms with van der Waals surface area (Å²) in [6, 6.07) is 28.9. The Labute approximate surface area is 311 Å². The molecule has 1 N–H and O–H groups in total. The molecule has 3 atom stereocenters. The maximum Gasteiger partial charge on any atom is 0.275 e. The van der Waals surface area contributed by atoms with Gasteiger partial charge in [-0.1, -0.05) is 124 Å². The lowest BCUT2D eigenvalue weighted by Gasteiger charge is -2.24. The SMILES string of the molecule is C=CC(=C/C)/C(C=C)=C(\C)OPOc1c(C(C)O)cc2ccccc2c1-c1c(OPO/C(C)=c2\cccc\c2=C\C)c(CCC)cc2ccccc12. The van der Waals surface area contributed by atoms with E-state index in [1.54, 1.807) is 19.1 Å². The van der Waals surface area contributed by atoms with Gasteiger partial charge in [0.05, 0.1) is 6.10 Å². The Morgan fingerprint density at radius 2 is 1.38 bits per heavy atom. The normalized spacial score (nSPS) is 14.2. The third kappa shape index (κ3) is 8.35. The molecule has 0 heterocycles. The monoisotopic (exact) mass is 730 g/mol. The van der Waals surface area contributed by atoms with Crippen molar-refractivity contribution in [3.63, 3.8) is 0 Å². The van der Waals surface area contributed by atoms with Crippen molar-refractivity contribution in [2.24, 2.45) is 0 Å². The van der Waals surface area contributed by atoms with Crippen molar-refractivity contribution in [1.82, 2.24) is 0 Å². The van der Waals surface area contributed by atoms with Gasteiger partial charge in [-0.25, -0.2) is 0 Å². The van der Waals surface area contributed by atoms with Crippen molar-refractivity contribution < 1.29 is 23.2 Å². The highest BCUT2D eigenvalue weighted by Gasteiger charge is 2.26. The zero-order valence-electron chi connectivity index (χ0n) is 30.9. The van der Waals surface area contributed by atoms with E-state index in [4.69, 9.17) is 18.1 Å². The molecule has 52 heavy (non-hydrogen) atoms. The van der Waals surface area contributed by atoms with E-state index in [-0.39, 0.29) is 9.03 Å². The van der Waals surface area contributed by atoms with Crippen molar-refractivity contribution in [2.75, 3.05) is 0 Å². The second kappa shape index (κ2) is 18.2. The fraction of sp³-hybridized carbons (Fsp3) is 0.200. The lowest BCUT2D eigenvalue weighted by molar-refractivity contribution is 0.197. The summed E-state index contributed by atoms with van der Waals surface area (Å²) < 4.78 is 26.0. The van der Waals surface area contributed by atoms with Gasteiger partial charge in [0, 0.05) is 27.5 Å². The van der Waals surface area contributed by atoms with Gasteiger partial charge in [0.2, 0.25) is 0 Å². The molecule has 0 saturated carbocycles. The van der Waals surface area contributed by atoms with Gasteiger partial charge < -0.3 is 23.2 Å². The topological polar surface area (TPSA) is 57.2 Å². The van der Waals surface area contributed by atoms with Gasteiger partial charge in [-0.3, -0.25) is 0 Å². The van der Waals surface area contributed by atoms with Crippen LogP contribution in [0.15, 0.2) is 133 Å². The van der Waals surface area contributed by atoms with Crippen LogP contribution in [0.4, 0.5) is 0 Å². The van der Waals surface area contributed by atoms with E-state index in [0.29, 0.717) is 17.1 Å². The lowest BCUT2D eigenvalue weighted by Crippen LogP contribution is -2.25. The maximum absolute atomic E-state index is 11.3. The van der Waals surface area contributed by atoms with E-state index >= 15 is 0 Å². The number of hydrogen-bond acceptors (Lipinski definition) is 5. The summed E-state index contributed by atoms with van der Waals surface area (Å²) >= 11 is 0. The Balaban J connectivity index is 1.74. The molecule has 5 nitrogen and oxygen atoms in total. The van der Waals surface area contributed by atoms with Crippen LogP contribution in [0.1, 0.15) is 65.2 Å². The number of fused-ring (bicyclic) bond motifs is 2. The van der Waals surface area contributed by atoms with E-state index in [1.807, 2.05) is 70.2 Å². The molecule has 0 spiro atoms. The zero-order valence-corrected chi connectivity index (χ0v) is 32.9. The molecule has 0 aliphatic heterocycles. The van der Waals surface area contributed by atoms with Crippen LogP contribution in [0.5, 0.6) is 11.5 Å². The van der Waals surface area contributed by atoms with Crippen LogP contribution in [0.3, 0.4) is 0 Å². The highest BCUT2D eigenvalue weighted by molar-refractivity contribution is 7.27. The van der Waals surface area contributed by atoms with Gasteiger partial charge >= 0.3 is 0 Å². The molecule has 7 heteroatoms. The van der Waals surface area contributed by atoms with Gasteiger partial charge in [-0.15, -0.1) is 0 Å². The van der Waals surface area contributed by atoms with Crippen molar-refractivity contribution in [1.29, 1.82) is 0 Å². The van der Waals surface area contributed by atoms with Crippen LogP contribution in [0.2, 0.25) is 0 Å². The minimum atomic E-state index is -0.828. The smallest absolute Gasteiger partial charge is 0.275 e. The predicted octanol–water partition coefficient (Wildman–Crippen LogP) is 11.7. The molecule has 0 fully saturated rings. The molecule has 3 unspecified atom stereocenters. The highest BCUT2D eigenvalue weighted by Crippen LogP contribution is 2.52. The Hall–Kier alpha value is -4.66. The number of rotatable bonds is 15. The maximum atomic E-state index is 11.3. The molecule has 5 aromatic carbocycles. The lowest BCUT2D eigenvalue weighted by atomic mass is 9.87. The van der Waals surface area contributed by atoms with E-state index in [9.17, 15) is 5.11 Å². The van der Waals surface area contributed by atoms with Crippen LogP contribution in [0.25, 0.3) is 44.5 Å². The molecule has 0 aliphatic rings. The minimum absolute atomic E-state index is 0.309. The molecule has 0 saturated heterocycles. The Morgan fingerprint density at radius 1 is 0.788 bits per heavy atom. The molecular formula is C45H48O5P2. The summed E-state index contributed by atoms with van der Waals surface area (Å²) in [5.74, 6) is 2.72. The predicted molar refractivity (Wildman–Crippen MR) is 223 cm³/mol. The second-order valence-corrected chi connectivity index (χ2v) is 13.6. The number of benzene rings is 5. The Morgan fingerprint density at radius 3 is 2.00 bits per heavy atom. The van der Waals surface area contributed by atoms with Gasteiger partial charge in [0.25, 0.3) is 18.1 Å². The van der Waals surface area contributed by atoms with Gasteiger partial charge in [0.1, 0.15) is 23.0 Å². The summed E-state index contributed by atoms with van der Waals surface area (Å²) in [7, 11) is -0.723. The molecular weight excluding hydrogens is 682 g/mol. The first-order valence-electron chi connectivity index (χ1n) is 17.6. The molecule has 5 rings (SSSR count). The fourth-order valence-corrected chi connectivity index (χ4v) is 7.68. The molecule has 5 aromatic rings.